The highest BCUT2D eigenvalue weighted by molar-refractivity contribution is 6.30. The zero-order valence-corrected chi connectivity index (χ0v) is 13.2. The van der Waals surface area contributed by atoms with E-state index in [9.17, 15) is 4.39 Å². The summed E-state index contributed by atoms with van der Waals surface area (Å²) in [4.78, 5) is 0. The molecule has 0 heterocycles. The van der Waals surface area contributed by atoms with Gasteiger partial charge in [-0.1, -0.05) is 37.9 Å². The molecule has 1 aliphatic rings. The first-order valence-corrected chi connectivity index (χ1v) is 8.08. The summed E-state index contributed by atoms with van der Waals surface area (Å²) in [6, 6.07) is 5.23. The van der Waals surface area contributed by atoms with Crippen LogP contribution in [0.4, 0.5) is 4.39 Å². The highest BCUT2D eigenvalue weighted by Gasteiger charge is 2.27. The van der Waals surface area contributed by atoms with E-state index in [-0.39, 0.29) is 10.8 Å². The molecule has 2 atom stereocenters. The molecule has 2 unspecified atom stereocenters. The summed E-state index contributed by atoms with van der Waals surface area (Å²) in [5.41, 5.74) is 1.08. The molecule has 0 aromatic heterocycles. The Labute approximate surface area is 126 Å². The highest BCUT2D eigenvalue weighted by Crippen LogP contribution is 2.34. The summed E-state index contributed by atoms with van der Waals surface area (Å²) in [5.74, 6) is 1.81. The molecule has 1 N–H and O–H groups in total. The second-order valence-electron chi connectivity index (χ2n) is 6.46. The normalized spacial score (nSPS) is 22.6. The lowest BCUT2D eigenvalue weighted by atomic mass is 9.89. The molecule has 112 valence electrons. The lowest BCUT2D eigenvalue weighted by Gasteiger charge is -2.21. The van der Waals surface area contributed by atoms with Crippen LogP contribution in [0.3, 0.4) is 0 Å². The van der Waals surface area contributed by atoms with Crippen LogP contribution in [0, 0.1) is 23.6 Å². The summed E-state index contributed by atoms with van der Waals surface area (Å²) in [5, 5.41) is 3.79. The van der Waals surface area contributed by atoms with Crippen molar-refractivity contribution in [3.63, 3.8) is 0 Å². The van der Waals surface area contributed by atoms with Crippen LogP contribution in [0.15, 0.2) is 18.2 Å². The van der Waals surface area contributed by atoms with Crippen molar-refractivity contribution in [3.8, 4) is 0 Å². The molecule has 0 bridgehead atoms. The van der Waals surface area contributed by atoms with E-state index >= 15 is 0 Å². The Balaban J connectivity index is 1.88. The van der Waals surface area contributed by atoms with Crippen molar-refractivity contribution in [2.75, 3.05) is 13.1 Å². The highest BCUT2D eigenvalue weighted by atomic mass is 35.5. The quantitative estimate of drug-likeness (QED) is 0.803. The van der Waals surface area contributed by atoms with Gasteiger partial charge in [0.15, 0.2) is 0 Å². The summed E-state index contributed by atoms with van der Waals surface area (Å²) >= 11 is 5.74. The molecule has 0 aliphatic heterocycles. The van der Waals surface area contributed by atoms with Crippen LogP contribution in [0.5, 0.6) is 0 Å². The van der Waals surface area contributed by atoms with Crippen LogP contribution in [0.1, 0.15) is 38.7 Å². The molecule has 2 rings (SSSR count). The zero-order valence-electron chi connectivity index (χ0n) is 12.5. The van der Waals surface area contributed by atoms with Crippen molar-refractivity contribution < 1.29 is 4.39 Å². The molecule has 0 amide bonds. The van der Waals surface area contributed by atoms with Crippen molar-refractivity contribution in [2.24, 2.45) is 17.8 Å². The van der Waals surface area contributed by atoms with E-state index in [1.165, 1.54) is 19.3 Å². The SMILES string of the molecule is CC(C)CNCC1CCCC1Cc1ccc(Cl)c(F)c1. The third-order valence-corrected chi connectivity index (χ3v) is 4.56. The lowest BCUT2D eigenvalue weighted by molar-refractivity contribution is 0.357. The Morgan fingerprint density at radius 3 is 2.75 bits per heavy atom. The van der Waals surface area contributed by atoms with Gasteiger partial charge in [0.2, 0.25) is 0 Å². The molecule has 1 aliphatic carbocycles. The van der Waals surface area contributed by atoms with Crippen molar-refractivity contribution in [1.82, 2.24) is 5.32 Å². The minimum atomic E-state index is -0.295. The molecule has 20 heavy (non-hydrogen) atoms. The van der Waals surface area contributed by atoms with Gasteiger partial charge < -0.3 is 5.32 Å². The van der Waals surface area contributed by atoms with E-state index in [2.05, 4.69) is 19.2 Å². The molecule has 0 spiro atoms. The van der Waals surface area contributed by atoms with Crippen molar-refractivity contribution in [1.29, 1.82) is 0 Å². The smallest absolute Gasteiger partial charge is 0.142 e. The van der Waals surface area contributed by atoms with Crippen LogP contribution >= 0.6 is 11.6 Å². The van der Waals surface area contributed by atoms with E-state index in [1.807, 2.05) is 6.07 Å². The van der Waals surface area contributed by atoms with Crippen LogP contribution in [0.2, 0.25) is 5.02 Å². The average Bonchev–Trinajstić information content (AvgIpc) is 2.81. The van der Waals surface area contributed by atoms with Crippen LogP contribution in [-0.2, 0) is 6.42 Å². The number of hydrogen-bond donors (Lipinski definition) is 1. The van der Waals surface area contributed by atoms with E-state index in [0.29, 0.717) is 11.8 Å². The third kappa shape index (κ3) is 4.46. The Morgan fingerprint density at radius 1 is 1.30 bits per heavy atom. The number of benzene rings is 1. The molecule has 0 radical (unpaired) electrons. The Hall–Kier alpha value is -0.600. The third-order valence-electron chi connectivity index (χ3n) is 4.26. The molecule has 1 fully saturated rings. The van der Waals surface area contributed by atoms with Gasteiger partial charge in [-0.15, -0.1) is 0 Å². The molecular weight excluding hydrogens is 273 g/mol. The van der Waals surface area contributed by atoms with Gasteiger partial charge >= 0.3 is 0 Å². The number of rotatable bonds is 6. The topological polar surface area (TPSA) is 12.0 Å². The molecule has 0 saturated heterocycles. The molecule has 1 aromatic rings. The van der Waals surface area contributed by atoms with E-state index in [0.717, 1.165) is 31.0 Å². The van der Waals surface area contributed by atoms with Crippen molar-refractivity contribution >= 4 is 11.6 Å². The largest absolute Gasteiger partial charge is 0.316 e. The molecule has 1 aromatic carbocycles. The molecule has 1 nitrogen and oxygen atoms in total. The molecule has 1 saturated carbocycles. The Bertz CT molecular complexity index is 433. The van der Waals surface area contributed by atoms with Gasteiger partial charge in [0.1, 0.15) is 5.82 Å². The zero-order chi connectivity index (χ0) is 14.5. The van der Waals surface area contributed by atoms with Crippen molar-refractivity contribution in [2.45, 2.75) is 39.5 Å². The van der Waals surface area contributed by atoms with Gasteiger partial charge in [-0.3, -0.25) is 0 Å². The average molecular weight is 298 g/mol. The predicted octanol–water partition coefficient (Wildman–Crippen LogP) is 4.68. The fourth-order valence-electron chi connectivity index (χ4n) is 3.18. The van der Waals surface area contributed by atoms with Crippen LogP contribution in [-0.4, -0.2) is 13.1 Å². The van der Waals surface area contributed by atoms with E-state index < -0.39 is 0 Å². The van der Waals surface area contributed by atoms with Gasteiger partial charge in [-0.2, -0.15) is 0 Å². The fraction of sp³-hybridized carbons (Fsp3) is 0.647. The van der Waals surface area contributed by atoms with Gasteiger partial charge in [-0.05, 0) is 67.8 Å². The van der Waals surface area contributed by atoms with Crippen molar-refractivity contribution in [3.05, 3.63) is 34.6 Å². The predicted molar refractivity (Wildman–Crippen MR) is 83.7 cm³/mol. The first kappa shape index (κ1) is 15.8. The van der Waals surface area contributed by atoms with Gasteiger partial charge in [0.05, 0.1) is 5.02 Å². The maximum atomic E-state index is 13.5. The summed E-state index contributed by atoms with van der Waals surface area (Å²) in [6.07, 6.45) is 4.83. The molecular formula is C17H25ClFN. The number of halogens is 2. The first-order valence-electron chi connectivity index (χ1n) is 7.71. The van der Waals surface area contributed by atoms with Crippen LogP contribution < -0.4 is 5.32 Å². The number of nitrogens with one attached hydrogen (secondary N) is 1. The van der Waals surface area contributed by atoms with Gasteiger partial charge in [0.25, 0.3) is 0 Å². The van der Waals surface area contributed by atoms with Crippen LogP contribution in [0.25, 0.3) is 0 Å². The minimum Gasteiger partial charge on any atom is -0.316 e. The maximum absolute atomic E-state index is 13.5. The monoisotopic (exact) mass is 297 g/mol. The minimum absolute atomic E-state index is 0.218. The Kier molecular flexibility index (Phi) is 5.86. The fourth-order valence-corrected chi connectivity index (χ4v) is 3.30. The summed E-state index contributed by atoms with van der Waals surface area (Å²) in [6.45, 7) is 6.64. The van der Waals surface area contributed by atoms with E-state index in [4.69, 9.17) is 11.6 Å². The maximum Gasteiger partial charge on any atom is 0.142 e. The Morgan fingerprint density at radius 2 is 2.05 bits per heavy atom. The summed E-state index contributed by atoms with van der Waals surface area (Å²) in [7, 11) is 0. The van der Waals surface area contributed by atoms with Gasteiger partial charge in [-0.25, -0.2) is 4.39 Å². The second-order valence-corrected chi connectivity index (χ2v) is 6.86. The standard InChI is InChI=1S/C17H25ClFN/c1-12(2)10-20-11-15-5-3-4-14(15)8-13-6-7-16(18)17(19)9-13/h6-7,9,12,14-15,20H,3-5,8,10-11H2,1-2H3. The lowest BCUT2D eigenvalue weighted by Crippen LogP contribution is -2.29. The van der Waals surface area contributed by atoms with E-state index in [1.54, 1.807) is 12.1 Å². The second kappa shape index (κ2) is 7.42. The van der Waals surface area contributed by atoms with Gasteiger partial charge in [0, 0.05) is 0 Å². The molecule has 3 heteroatoms. The summed E-state index contributed by atoms with van der Waals surface area (Å²) < 4.78 is 13.5. The first-order chi connectivity index (χ1) is 9.56. The number of hydrogen-bond acceptors (Lipinski definition) is 1.